The molecule has 0 unspecified atom stereocenters. The van der Waals surface area contributed by atoms with Crippen molar-refractivity contribution < 1.29 is 9.59 Å². The summed E-state index contributed by atoms with van der Waals surface area (Å²) in [5, 5.41) is 7.91. The number of para-hydroxylation sites is 1. The van der Waals surface area contributed by atoms with Gasteiger partial charge in [0.15, 0.2) is 0 Å². The summed E-state index contributed by atoms with van der Waals surface area (Å²) in [4.78, 5) is 29.7. The largest absolute Gasteiger partial charge is 0.348 e. The van der Waals surface area contributed by atoms with Crippen LogP contribution in [-0.2, 0) is 16.1 Å². The zero-order chi connectivity index (χ0) is 24.5. The normalized spacial score (nSPS) is 17.9. The van der Waals surface area contributed by atoms with E-state index in [0.29, 0.717) is 26.1 Å². The molecule has 0 radical (unpaired) electrons. The second-order valence-electron chi connectivity index (χ2n) is 9.32. The lowest BCUT2D eigenvalue weighted by molar-refractivity contribution is -0.119. The molecule has 2 aliphatic rings. The van der Waals surface area contributed by atoms with Crippen molar-refractivity contribution in [2.45, 2.75) is 32.7 Å². The van der Waals surface area contributed by atoms with Crippen LogP contribution in [0.3, 0.4) is 0 Å². The standard InChI is InChI=1S/C28H31N5O2/c1-4-32-25(34)16-24(26-19(2)30-33(28(26)32)23-11-6-5-7-12-23)21-10-8-9-20(15-21)17-29-27(35)22-13-14-31(3)18-22/h5-13,15,24H,4,14,16-18H2,1-3H3,(H,29,35)/t24-/m0/s1. The summed E-state index contributed by atoms with van der Waals surface area (Å²) in [5.74, 6) is 0.847. The van der Waals surface area contributed by atoms with Gasteiger partial charge in [-0.3, -0.25) is 19.4 Å². The highest BCUT2D eigenvalue weighted by atomic mass is 16.2. The number of nitrogens with zero attached hydrogens (tertiary/aromatic N) is 4. The van der Waals surface area contributed by atoms with E-state index in [4.69, 9.17) is 5.10 Å². The smallest absolute Gasteiger partial charge is 0.248 e. The van der Waals surface area contributed by atoms with Gasteiger partial charge in [-0.2, -0.15) is 5.10 Å². The molecule has 3 aromatic rings. The van der Waals surface area contributed by atoms with E-state index in [1.54, 1.807) is 0 Å². The molecule has 2 aromatic carbocycles. The fourth-order valence-electron chi connectivity index (χ4n) is 5.13. The van der Waals surface area contributed by atoms with Crippen LogP contribution in [0.2, 0.25) is 0 Å². The Hall–Kier alpha value is -3.71. The lowest BCUT2D eigenvalue weighted by atomic mass is 9.84. The van der Waals surface area contributed by atoms with E-state index in [9.17, 15) is 9.59 Å². The van der Waals surface area contributed by atoms with E-state index >= 15 is 0 Å². The molecule has 0 spiro atoms. The second-order valence-corrected chi connectivity index (χ2v) is 9.32. The van der Waals surface area contributed by atoms with Gasteiger partial charge < -0.3 is 5.32 Å². The molecule has 1 N–H and O–H groups in total. The summed E-state index contributed by atoms with van der Waals surface area (Å²) in [6.45, 7) is 6.54. The molecule has 1 atom stereocenters. The first-order valence-electron chi connectivity index (χ1n) is 12.2. The van der Waals surface area contributed by atoms with Gasteiger partial charge in [-0.1, -0.05) is 48.5 Å². The first-order valence-corrected chi connectivity index (χ1v) is 12.2. The number of hydrogen-bond acceptors (Lipinski definition) is 4. The molecule has 7 nitrogen and oxygen atoms in total. The third-order valence-corrected chi connectivity index (χ3v) is 6.87. The van der Waals surface area contributed by atoms with Crippen LogP contribution in [0.4, 0.5) is 5.82 Å². The van der Waals surface area contributed by atoms with Crippen LogP contribution in [0.15, 0.2) is 66.2 Å². The van der Waals surface area contributed by atoms with Crippen molar-refractivity contribution >= 4 is 17.6 Å². The first kappa shape index (κ1) is 23.1. The van der Waals surface area contributed by atoms with Crippen LogP contribution in [-0.4, -0.2) is 53.2 Å². The fourth-order valence-corrected chi connectivity index (χ4v) is 5.13. The summed E-state index contributed by atoms with van der Waals surface area (Å²) in [7, 11) is 2.00. The lowest BCUT2D eigenvalue weighted by Crippen LogP contribution is -2.38. The average molecular weight is 470 g/mol. The Kier molecular flexibility index (Phi) is 6.26. The number of amides is 2. The monoisotopic (exact) mass is 469 g/mol. The minimum atomic E-state index is -0.0837. The van der Waals surface area contributed by atoms with Crippen molar-refractivity contribution in [3.05, 3.63) is 88.6 Å². The molecule has 0 saturated heterocycles. The number of aryl methyl sites for hydroxylation is 1. The molecular weight excluding hydrogens is 438 g/mol. The van der Waals surface area contributed by atoms with Crippen molar-refractivity contribution in [2.24, 2.45) is 0 Å². The van der Waals surface area contributed by atoms with Crippen molar-refractivity contribution in [1.82, 2.24) is 20.0 Å². The van der Waals surface area contributed by atoms with Crippen molar-refractivity contribution in [3.63, 3.8) is 0 Å². The summed E-state index contributed by atoms with van der Waals surface area (Å²) in [6.07, 6.45) is 2.38. The van der Waals surface area contributed by atoms with Crippen molar-refractivity contribution in [3.8, 4) is 5.69 Å². The van der Waals surface area contributed by atoms with Crippen molar-refractivity contribution in [2.75, 3.05) is 31.6 Å². The van der Waals surface area contributed by atoms with Gasteiger partial charge in [0.25, 0.3) is 0 Å². The third-order valence-electron chi connectivity index (χ3n) is 6.87. The molecule has 0 fully saturated rings. The SMILES string of the molecule is CCN1C(=O)C[C@@H](c2cccc(CNC(=O)C3=CCN(C)C3)c2)c2c(C)nn(-c3ccccc3)c21. The summed E-state index contributed by atoms with van der Waals surface area (Å²) in [5.41, 5.74) is 5.86. The Morgan fingerprint density at radius 1 is 1.14 bits per heavy atom. The van der Waals surface area contributed by atoms with Gasteiger partial charge in [-0.15, -0.1) is 0 Å². The fraction of sp³-hybridized carbons (Fsp3) is 0.321. The summed E-state index contributed by atoms with van der Waals surface area (Å²) >= 11 is 0. The third kappa shape index (κ3) is 4.39. The minimum Gasteiger partial charge on any atom is -0.348 e. The summed E-state index contributed by atoms with van der Waals surface area (Å²) in [6, 6.07) is 18.2. The zero-order valence-electron chi connectivity index (χ0n) is 20.5. The number of likely N-dealkylation sites (N-methyl/N-ethyl adjacent to an activating group) is 1. The topological polar surface area (TPSA) is 70.5 Å². The van der Waals surface area contributed by atoms with Gasteiger partial charge >= 0.3 is 0 Å². The van der Waals surface area contributed by atoms with Crippen LogP contribution in [0, 0.1) is 6.92 Å². The average Bonchev–Trinajstić information content (AvgIpc) is 3.46. The minimum absolute atomic E-state index is 0.0200. The number of hydrogen-bond donors (Lipinski definition) is 1. The Bertz CT molecular complexity index is 1290. The number of carbonyl (C=O) groups is 2. The van der Waals surface area contributed by atoms with Crippen molar-refractivity contribution in [1.29, 1.82) is 0 Å². The molecule has 0 aliphatic carbocycles. The van der Waals surface area contributed by atoms with E-state index in [0.717, 1.165) is 46.0 Å². The molecule has 2 aliphatic heterocycles. The van der Waals surface area contributed by atoms with Gasteiger partial charge in [0.2, 0.25) is 11.8 Å². The molecule has 1 aromatic heterocycles. The second kappa shape index (κ2) is 9.50. The number of fused-ring (bicyclic) bond motifs is 1. The van der Waals surface area contributed by atoms with E-state index in [-0.39, 0.29) is 17.7 Å². The van der Waals surface area contributed by atoms with Crippen LogP contribution in [0.5, 0.6) is 0 Å². The van der Waals surface area contributed by atoms with Crippen LogP contribution < -0.4 is 10.2 Å². The molecule has 3 heterocycles. The lowest BCUT2D eigenvalue weighted by Gasteiger charge is -2.32. The number of carbonyl (C=O) groups excluding carboxylic acids is 2. The van der Waals surface area contributed by atoms with E-state index < -0.39 is 0 Å². The highest BCUT2D eigenvalue weighted by molar-refractivity contribution is 5.97. The van der Waals surface area contributed by atoms with Gasteiger partial charge in [0.05, 0.1) is 11.4 Å². The van der Waals surface area contributed by atoms with Gasteiger partial charge in [-0.25, -0.2) is 4.68 Å². The number of benzene rings is 2. The maximum Gasteiger partial charge on any atom is 0.248 e. The molecule has 0 bridgehead atoms. The number of nitrogens with one attached hydrogen (secondary N) is 1. The predicted octanol–water partition coefficient (Wildman–Crippen LogP) is 3.56. The molecule has 7 heteroatoms. The molecule has 0 saturated carbocycles. The van der Waals surface area contributed by atoms with Crippen LogP contribution >= 0.6 is 0 Å². The highest BCUT2D eigenvalue weighted by Gasteiger charge is 2.37. The van der Waals surface area contributed by atoms with Gasteiger partial charge in [0.1, 0.15) is 5.82 Å². The Balaban J connectivity index is 1.46. The number of rotatable bonds is 6. The van der Waals surface area contributed by atoms with Gasteiger partial charge in [-0.05, 0) is 44.2 Å². The van der Waals surface area contributed by atoms with Crippen LogP contribution in [0.1, 0.15) is 41.6 Å². The molecule has 35 heavy (non-hydrogen) atoms. The molecule has 2 amide bonds. The highest BCUT2D eigenvalue weighted by Crippen LogP contribution is 2.43. The molecular formula is C28H31N5O2. The maximum atomic E-state index is 13.3. The van der Waals surface area contributed by atoms with E-state index in [1.165, 1.54) is 0 Å². The van der Waals surface area contributed by atoms with Gasteiger partial charge in [0, 0.05) is 49.7 Å². The number of anilines is 1. The first-order chi connectivity index (χ1) is 17.0. The van der Waals surface area contributed by atoms with E-state index in [1.807, 2.05) is 79.0 Å². The summed E-state index contributed by atoms with van der Waals surface area (Å²) < 4.78 is 1.90. The maximum absolute atomic E-state index is 13.3. The Labute approximate surface area is 206 Å². The van der Waals surface area contributed by atoms with Crippen LogP contribution in [0.25, 0.3) is 5.69 Å². The zero-order valence-corrected chi connectivity index (χ0v) is 20.5. The quantitative estimate of drug-likeness (QED) is 0.599. The molecule has 5 rings (SSSR count). The Morgan fingerprint density at radius 3 is 2.66 bits per heavy atom. The Morgan fingerprint density at radius 2 is 1.94 bits per heavy atom. The number of aromatic nitrogens is 2. The molecule has 180 valence electrons. The van der Waals surface area contributed by atoms with E-state index in [2.05, 4.69) is 22.3 Å². The predicted molar refractivity (Wildman–Crippen MR) is 137 cm³/mol.